The molecular weight excluding hydrogens is 673 g/mol. The predicted molar refractivity (Wildman–Crippen MR) is 223 cm³/mol. The minimum atomic E-state index is 0.618. The fourth-order valence-corrected chi connectivity index (χ4v) is 7.31. The van der Waals surface area contributed by atoms with Crippen LogP contribution in [0.1, 0.15) is 11.1 Å². The van der Waals surface area contributed by atoms with E-state index in [2.05, 4.69) is 132 Å². The van der Waals surface area contributed by atoms with Gasteiger partial charge in [-0.1, -0.05) is 127 Å². The van der Waals surface area contributed by atoms with E-state index in [9.17, 15) is 0 Å². The summed E-state index contributed by atoms with van der Waals surface area (Å²) in [6.07, 6.45) is 9.86. The van der Waals surface area contributed by atoms with Gasteiger partial charge in [0.05, 0.1) is 17.1 Å². The molecule has 6 aromatic carbocycles. The molecule has 55 heavy (non-hydrogen) atoms. The second-order valence-corrected chi connectivity index (χ2v) is 13.5. The lowest BCUT2D eigenvalue weighted by molar-refractivity contribution is 0.492. The Kier molecular flexibility index (Phi) is 8.08. The first-order valence-electron chi connectivity index (χ1n) is 18.3. The minimum Gasteiger partial charge on any atom is -0.455 e. The van der Waals surface area contributed by atoms with Crippen molar-refractivity contribution in [2.75, 3.05) is 0 Å². The van der Waals surface area contributed by atoms with Crippen molar-refractivity contribution in [3.05, 3.63) is 194 Å². The Morgan fingerprint density at radius 2 is 1.13 bits per heavy atom. The largest absolute Gasteiger partial charge is 0.455 e. The zero-order chi connectivity index (χ0) is 36.6. The number of rotatable bonds is 4. The summed E-state index contributed by atoms with van der Waals surface area (Å²) < 4.78 is 7.07. The second kappa shape index (κ2) is 13.8. The van der Waals surface area contributed by atoms with Crippen LogP contribution in [-0.2, 0) is 0 Å². The van der Waals surface area contributed by atoms with Crippen molar-refractivity contribution in [1.29, 1.82) is 0 Å². The van der Waals surface area contributed by atoms with E-state index in [1.807, 2.05) is 60.9 Å². The zero-order valence-corrected chi connectivity index (χ0v) is 29.7. The Morgan fingerprint density at radius 3 is 1.96 bits per heavy atom. The molecule has 9 aromatic rings. The molecule has 0 saturated carbocycles. The number of benzene rings is 6. The lowest BCUT2D eigenvalue weighted by Gasteiger charge is -2.18. The third-order valence-electron chi connectivity index (χ3n) is 10.1. The number of aromatic nitrogens is 4. The van der Waals surface area contributed by atoms with Gasteiger partial charge in [0.1, 0.15) is 11.5 Å². The number of ether oxygens (including phenoxy) is 1. The van der Waals surface area contributed by atoms with E-state index in [1.165, 1.54) is 0 Å². The van der Waals surface area contributed by atoms with Crippen molar-refractivity contribution >= 4 is 22.9 Å². The molecule has 5 nitrogen and oxygen atoms in total. The van der Waals surface area contributed by atoms with Crippen LogP contribution in [0.15, 0.2) is 182 Å². The van der Waals surface area contributed by atoms with Crippen molar-refractivity contribution in [3.8, 4) is 78.9 Å². The highest BCUT2D eigenvalue weighted by atomic mass is 16.5. The van der Waals surface area contributed by atoms with Crippen LogP contribution in [0, 0.1) is 0 Å². The maximum Gasteiger partial charge on any atom is 0.160 e. The molecule has 5 heteroatoms. The summed E-state index contributed by atoms with van der Waals surface area (Å²) >= 11 is 0. The highest BCUT2D eigenvalue weighted by Gasteiger charge is 2.20. The molecule has 0 N–H and O–H groups in total. The van der Waals surface area contributed by atoms with Crippen LogP contribution in [0.3, 0.4) is 0 Å². The third-order valence-corrected chi connectivity index (χ3v) is 10.1. The van der Waals surface area contributed by atoms with Crippen molar-refractivity contribution in [2.45, 2.75) is 0 Å². The van der Waals surface area contributed by atoms with E-state index >= 15 is 0 Å². The van der Waals surface area contributed by atoms with Gasteiger partial charge in [-0.3, -0.25) is 9.97 Å². The fraction of sp³-hybridized carbons (Fsp3) is 0. The maximum absolute atomic E-state index is 7.07. The van der Waals surface area contributed by atoms with E-state index in [4.69, 9.17) is 19.7 Å². The molecule has 10 rings (SSSR count). The summed E-state index contributed by atoms with van der Waals surface area (Å²) in [5.41, 5.74) is 12.5. The van der Waals surface area contributed by atoms with Gasteiger partial charge in [0.25, 0.3) is 0 Å². The Bertz CT molecular complexity index is 2890. The first-order chi connectivity index (χ1) is 27.2. The lowest BCUT2D eigenvalue weighted by atomic mass is 9.93. The number of hydrogen-bond donors (Lipinski definition) is 0. The fourth-order valence-electron chi connectivity index (χ4n) is 7.31. The molecule has 0 saturated heterocycles. The summed E-state index contributed by atoms with van der Waals surface area (Å²) in [5.74, 6) is 2.22. The van der Waals surface area contributed by atoms with Crippen molar-refractivity contribution in [3.63, 3.8) is 0 Å². The topological polar surface area (TPSA) is 60.8 Å². The molecule has 0 aliphatic carbocycles. The second-order valence-electron chi connectivity index (χ2n) is 13.5. The first-order valence-corrected chi connectivity index (χ1v) is 18.3. The zero-order valence-electron chi connectivity index (χ0n) is 29.7. The van der Waals surface area contributed by atoms with Gasteiger partial charge in [-0.2, -0.15) is 0 Å². The van der Waals surface area contributed by atoms with E-state index in [0.29, 0.717) is 5.82 Å². The average molecular weight is 705 g/mol. The predicted octanol–water partition coefficient (Wildman–Crippen LogP) is 12.7. The number of fused-ring (bicyclic) bond motifs is 8. The SMILES string of the molecule is C1=C\c2ccc(-c3nc(-c4ccccc4)cc(-c4ccc(-c5cccnc5)nc4)n3)cc2-c2ccc3ccccc3c2Oc2ccccc2-c2ccccc2/1. The normalized spacial score (nSPS) is 12.3. The smallest absolute Gasteiger partial charge is 0.160 e. The summed E-state index contributed by atoms with van der Waals surface area (Å²) in [6, 6.07) is 56.2. The van der Waals surface area contributed by atoms with Gasteiger partial charge in [-0.05, 0) is 76.2 Å². The summed E-state index contributed by atoms with van der Waals surface area (Å²) in [7, 11) is 0. The van der Waals surface area contributed by atoms with Gasteiger partial charge < -0.3 is 4.74 Å². The number of hydrogen-bond acceptors (Lipinski definition) is 5. The van der Waals surface area contributed by atoms with Crippen molar-refractivity contribution < 1.29 is 4.74 Å². The number of pyridine rings is 2. The van der Waals surface area contributed by atoms with Gasteiger partial charge in [-0.25, -0.2) is 9.97 Å². The number of nitrogens with zero attached hydrogens (tertiary/aromatic N) is 4. The molecule has 0 bridgehead atoms. The van der Waals surface area contributed by atoms with Crippen LogP contribution in [0.2, 0.25) is 0 Å². The molecule has 1 aliphatic heterocycles. The molecule has 258 valence electrons. The van der Waals surface area contributed by atoms with E-state index < -0.39 is 0 Å². The Balaban J connectivity index is 1.18. The first kappa shape index (κ1) is 32.2. The summed E-state index contributed by atoms with van der Waals surface area (Å²) in [5, 5.41) is 2.14. The molecule has 1 aliphatic rings. The van der Waals surface area contributed by atoms with Gasteiger partial charge in [0.15, 0.2) is 5.82 Å². The summed E-state index contributed by atoms with van der Waals surface area (Å²) in [4.78, 5) is 19.4. The monoisotopic (exact) mass is 704 g/mol. The molecule has 4 heterocycles. The van der Waals surface area contributed by atoms with Crippen LogP contribution >= 0.6 is 0 Å². The Hall–Kier alpha value is -7.50. The van der Waals surface area contributed by atoms with E-state index in [0.717, 1.165) is 95.0 Å². The maximum atomic E-state index is 7.07. The molecular formula is C50H32N4O. The lowest BCUT2D eigenvalue weighted by Crippen LogP contribution is -1.98. The Labute approximate surface area is 319 Å². The standard InChI is InChI=1S/C50H32N4O/c1-2-13-36(14-3-1)46-30-47(39-25-27-45(52-32-39)38-15-10-28-51-31-38)54-50(53-46)37-23-22-35-21-20-33-11-4-6-16-40(33)42-18-8-9-19-48(42)55-49-41-17-7-5-12-34(41)24-26-43(49)44(35)29-37/h1-32H/b21-20-. The van der Waals surface area contributed by atoms with Crippen LogP contribution in [-0.4, -0.2) is 19.9 Å². The minimum absolute atomic E-state index is 0.618. The highest BCUT2D eigenvalue weighted by molar-refractivity contribution is 5.99. The highest BCUT2D eigenvalue weighted by Crippen LogP contribution is 2.45. The quantitative estimate of drug-likeness (QED) is 0.182. The molecule has 0 spiro atoms. The van der Waals surface area contributed by atoms with Gasteiger partial charge in [-0.15, -0.1) is 0 Å². The molecule has 0 atom stereocenters. The molecule has 0 radical (unpaired) electrons. The van der Waals surface area contributed by atoms with Crippen molar-refractivity contribution in [1.82, 2.24) is 19.9 Å². The average Bonchev–Trinajstić information content (AvgIpc) is 3.28. The molecule has 0 fully saturated rings. The molecule has 0 unspecified atom stereocenters. The molecule has 0 amide bonds. The van der Waals surface area contributed by atoms with Crippen LogP contribution in [0.4, 0.5) is 0 Å². The number of para-hydroxylation sites is 1. The van der Waals surface area contributed by atoms with Crippen LogP contribution in [0.25, 0.3) is 90.3 Å². The third kappa shape index (κ3) is 6.14. The summed E-state index contributed by atoms with van der Waals surface area (Å²) in [6.45, 7) is 0. The molecule has 3 aromatic heterocycles. The van der Waals surface area contributed by atoms with E-state index in [1.54, 1.807) is 6.20 Å². The Morgan fingerprint density at radius 1 is 0.418 bits per heavy atom. The van der Waals surface area contributed by atoms with Gasteiger partial charge in [0, 0.05) is 57.4 Å². The van der Waals surface area contributed by atoms with Gasteiger partial charge in [0.2, 0.25) is 0 Å². The van der Waals surface area contributed by atoms with Crippen LogP contribution < -0.4 is 4.74 Å². The van der Waals surface area contributed by atoms with Crippen molar-refractivity contribution in [2.24, 2.45) is 0 Å². The van der Waals surface area contributed by atoms with Crippen LogP contribution in [0.5, 0.6) is 11.5 Å². The van der Waals surface area contributed by atoms with E-state index in [-0.39, 0.29) is 0 Å². The van der Waals surface area contributed by atoms with Gasteiger partial charge >= 0.3 is 0 Å².